The molecule has 1 aromatic carbocycles. The molecule has 0 unspecified atom stereocenters. The van der Waals surface area contributed by atoms with E-state index in [-0.39, 0.29) is 30.0 Å². The molecule has 26 heavy (non-hydrogen) atoms. The van der Waals surface area contributed by atoms with Gasteiger partial charge < -0.3 is 10.2 Å². The van der Waals surface area contributed by atoms with Crippen LogP contribution in [0.1, 0.15) is 25.7 Å². The molecule has 0 aliphatic carbocycles. The third-order valence-electron chi connectivity index (χ3n) is 5.94. The summed E-state index contributed by atoms with van der Waals surface area (Å²) in [4.78, 5) is 39.1. The smallest absolute Gasteiger partial charge is 0.273 e. The first-order chi connectivity index (χ1) is 12.6. The molecule has 138 valence electrons. The van der Waals surface area contributed by atoms with Crippen LogP contribution in [0.5, 0.6) is 0 Å². The van der Waals surface area contributed by atoms with Crippen LogP contribution < -0.4 is 16.4 Å². The maximum absolute atomic E-state index is 12.5. The molecule has 3 heterocycles. The van der Waals surface area contributed by atoms with Crippen LogP contribution in [-0.4, -0.2) is 46.8 Å². The van der Waals surface area contributed by atoms with Gasteiger partial charge in [-0.1, -0.05) is 12.1 Å². The highest BCUT2D eigenvalue weighted by Crippen LogP contribution is 2.36. The average Bonchev–Trinajstić information content (AvgIpc) is 3.12. The van der Waals surface area contributed by atoms with Crippen molar-refractivity contribution in [3.8, 4) is 0 Å². The Kier molecular flexibility index (Phi) is 4.40. The number of hydrogen-bond donors (Lipinski definition) is 2. The fourth-order valence-electron chi connectivity index (χ4n) is 4.22. The number of hydrogen-bond acceptors (Lipinski definition) is 4. The van der Waals surface area contributed by atoms with Gasteiger partial charge in [-0.05, 0) is 43.4 Å². The Morgan fingerprint density at radius 3 is 2.50 bits per heavy atom. The minimum Gasteiger partial charge on any atom is -0.343 e. The molecule has 7 heteroatoms. The Bertz CT molecular complexity index is 930. The quantitative estimate of drug-likeness (QED) is 0.847. The maximum atomic E-state index is 12.5. The van der Waals surface area contributed by atoms with Gasteiger partial charge in [-0.15, -0.1) is 0 Å². The van der Waals surface area contributed by atoms with Crippen molar-refractivity contribution in [2.45, 2.75) is 32.2 Å². The summed E-state index contributed by atoms with van der Waals surface area (Å²) < 4.78 is 1.26. The van der Waals surface area contributed by atoms with E-state index in [0.29, 0.717) is 16.2 Å². The predicted molar refractivity (Wildman–Crippen MR) is 99.2 cm³/mol. The molecule has 0 bridgehead atoms. The summed E-state index contributed by atoms with van der Waals surface area (Å²) in [5.41, 5.74) is -0.193. The van der Waals surface area contributed by atoms with E-state index >= 15 is 0 Å². The molecule has 1 aromatic heterocycles. The number of H-pyrrole nitrogens is 1. The number of piperidine rings is 1. The minimum atomic E-state index is -0.304. The lowest BCUT2D eigenvalue weighted by Crippen LogP contribution is -2.44. The van der Waals surface area contributed by atoms with Gasteiger partial charge >= 0.3 is 0 Å². The molecular formula is C19H24N4O3. The van der Waals surface area contributed by atoms with Crippen molar-refractivity contribution >= 4 is 16.7 Å². The number of amides is 1. The molecule has 1 spiro atoms. The van der Waals surface area contributed by atoms with Crippen molar-refractivity contribution in [1.29, 1.82) is 0 Å². The van der Waals surface area contributed by atoms with Gasteiger partial charge in [0.25, 0.3) is 11.1 Å². The summed E-state index contributed by atoms with van der Waals surface area (Å²) in [7, 11) is 0. The number of carbonyl (C=O) groups excluding carboxylic acids is 1. The van der Waals surface area contributed by atoms with E-state index in [1.165, 1.54) is 11.1 Å². The summed E-state index contributed by atoms with van der Waals surface area (Å²) >= 11 is 0. The van der Waals surface area contributed by atoms with Crippen LogP contribution >= 0.6 is 0 Å². The highest BCUT2D eigenvalue weighted by atomic mass is 16.2. The highest BCUT2D eigenvalue weighted by molar-refractivity contribution is 5.80. The standard InChI is InChI=1S/C19H24N4O3/c24-16(22-11-7-19(8-12-22)6-9-20-13-19)5-10-23-18(26)15-4-2-1-3-14(15)17(25)21-23/h1-4,20H,5-13H2,(H,21,25). The zero-order valence-corrected chi connectivity index (χ0v) is 14.8. The van der Waals surface area contributed by atoms with Gasteiger partial charge in [0.15, 0.2) is 0 Å². The molecule has 1 amide bonds. The zero-order chi connectivity index (χ0) is 18.1. The molecule has 2 aliphatic rings. The van der Waals surface area contributed by atoms with Crippen molar-refractivity contribution in [2.24, 2.45) is 5.41 Å². The second-order valence-corrected chi connectivity index (χ2v) is 7.50. The largest absolute Gasteiger partial charge is 0.343 e. The summed E-state index contributed by atoms with van der Waals surface area (Å²) in [6.45, 7) is 3.89. The first-order valence-corrected chi connectivity index (χ1v) is 9.28. The lowest BCUT2D eigenvalue weighted by molar-refractivity contribution is -0.133. The normalized spacial score (nSPS) is 19.3. The highest BCUT2D eigenvalue weighted by Gasteiger charge is 2.37. The van der Waals surface area contributed by atoms with Crippen molar-refractivity contribution in [3.63, 3.8) is 0 Å². The molecule has 0 radical (unpaired) electrons. The van der Waals surface area contributed by atoms with Gasteiger partial charge in [-0.25, -0.2) is 4.68 Å². The van der Waals surface area contributed by atoms with Gasteiger partial charge in [0.2, 0.25) is 5.91 Å². The van der Waals surface area contributed by atoms with E-state index in [1.807, 2.05) is 4.90 Å². The Labute approximate surface area is 151 Å². The molecule has 2 N–H and O–H groups in total. The number of likely N-dealkylation sites (tertiary alicyclic amines) is 1. The predicted octanol–water partition coefficient (Wildman–Crippen LogP) is 0.682. The van der Waals surface area contributed by atoms with E-state index < -0.39 is 0 Å². The first-order valence-electron chi connectivity index (χ1n) is 9.28. The third-order valence-corrected chi connectivity index (χ3v) is 5.94. The van der Waals surface area contributed by atoms with Gasteiger partial charge in [0.1, 0.15) is 0 Å². The summed E-state index contributed by atoms with van der Waals surface area (Å²) in [6, 6.07) is 6.74. The third kappa shape index (κ3) is 3.07. The molecule has 2 aromatic rings. The van der Waals surface area contributed by atoms with E-state index in [0.717, 1.165) is 39.0 Å². The monoisotopic (exact) mass is 356 g/mol. The van der Waals surface area contributed by atoms with Crippen molar-refractivity contribution in [3.05, 3.63) is 45.0 Å². The Morgan fingerprint density at radius 1 is 1.08 bits per heavy atom. The van der Waals surface area contributed by atoms with Crippen LogP contribution in [0.4, 0.5) is 0 Å². The lowest BCUT2D eigenvalue weighted by Gasteiger charge is -2.39. The number of aryl methyl sites for hydroxylation is 1. The van der Waals surface area contributed by atoms with E-state index in [1.54, 1.807) is 24.3 Å². The van der Waals surface area contributed by atoms with Gasteiger partial charge in [0, 0.05) is 26.1 Å². The molecular weight excluding hydrogens is 332 g/mol. The molecule has 2 saturated heterocycles. The van der Waals surface area contributed by atoms with Crippen LogP contribution in [0.25, 0.3) is 10.8 Å². The maximum Gasteiger partial charge on any atom is 0.273 e. The fraction of sp³-hybridized carbons (Fsp3) is 0.526. The zero-order valence-electron chi connectivity index (χ0n) is 14.8. The van der Waals surface area contributed by atoms with Crippen LogP contribution in [0.3, 0.4) is 0 Å². The molecule has 2 fully saturated rings. The second kappa shape index (κ2) is 6.72. The SMILES string of the molecule is O=C(CCn1[nH]c(=O)c2ccccc2c1=O)N1CCC2(CCNC2)CC1. The summed E-state index contributed by atoms with van der Waals surface area (Å²) in [5.74, 6) is 0.0479. The number of fused-ring (bicyclic) bond motifs is 1. The molecule has 0 atom stereocenters. The second-order valence-electron chi connectivity index (χ2n) is 7.50. The topological polar surface area (TPSA) is 87.2 Å². The number of aromatic nitrogens is 2. The number of rotatable bonds is 3. The molecule has 7 nitrogen and oxygen atoms in total. The molecule has 2 aliphatic heterocycles. The summed E-state index contributed by atoms with van der Waals surface area (Å²) in [6.07, 6.45) is 3.50. The average molecular weight is 356 g/mol. The molecule has 4 rings (SSSR count). The minimum absolute atomic E-state index is 0.0479. The van der Waals surface area contributed by atoms with Gasteiger partial charge in [0.05, 0.1) is 17.3 Å². The number of benzene rings is 1. The number of nitrogens with zero attached hydrogens (tertiary/aromatic N) is 2. The lowest BCUT2D eigenvalue weighted by atomic mass is 9.78. The number of nitrogens with one attached hydrogen (secondary N) is 2. The molecule has 0 saturated carbocycles. The van der Waals surface area contributed by atoms with E-state index in [9.17, 15) is 14.4 Å². The van der Waals surface area contributed by atoms with Crippen LogP contribution in [-0.2, 0) is 11.3 Å². The summed E-state index contributed by atoms with van der Waals surface area (Å²) in [5, 5.41) is 6.78. The van der Waals surface area contributed by atoms with Crippen molar-refractivity contribution in [2.75, 3.05) is 26.2 Å². The van der Waals surface area contributed by atoms with Crippen LogP contribution in [0, 0.1) is 5.41 Å². The van der Waals surface area contributed by atoms with Gasteiger partial charge in [-0.2, -0.15) is 0 Å². The van der Waals surface area contributed by atoms with Crippen LogP contribution in [0.2, 0.25) is 0 Å². The van der Waals surface area contributed by atoms with Crippen molar-refractivity contribution in [1.82, 2.24) is 20.0 Å². The number of carbonyl (C=O) groups is 1. The fourth-order valence-corrected chi connectivity index (χ4v) is 4.22. The van der Waals surface area contributed by atoms with Gasteiger partial charge in [-0.3, -0.25) is 19.5 Å². The Balaban J connectivity index is 1.42. The Morgan fingerprint density at radius 2 is 1.81 bits per heavy atom. The Hall–Kier alpha value is -2.41. The first kappa shape index (κ1) is 17.0. The van der Waals surface area contributed by atoms with E-state index in [4.69, 9.17) is 0 Å². The van der Waals surface area contributed by atoms with E-state index in [2.05, 4.69) is 10.4 Å². The number of aromatic amines is 1. The van der Waals surface area contributed by atoms with Crippen molar-refractivity contribution < 1.29 is 4.79 Å². The van der Waals surface area contributed by atoms with Crippen LogP contribution in [0.15, 0.2) is 33.9 Å².